The lowest BCUT2D eigenvalue weighted by Crippen LogP contribution is -2.46. The van der Waals surface area contributed by atoms with Crippen molar-refractivity contribution in [2.75, 3.05) is 37.3 Å². The van der Waals surface area contributed by atoms with E-state index >= 15 is 0 Å². The summed E-state index contributed by atoms with van der Waals surface area (Å²) in [5, 5.41) is 3.96. The molecule has 1 aliphatic heterocycles. The molecule has 0 bridgehead atoms. The number of pyridine rings is 1. The van der Waals surface area contributed by atoms with Gasteiger partial charge in [-0.1, -0.05) is 5.16 Å². The predicted molar refractivity (Wildman–Crippen MR) is 91.8 cm³/mol. The Hall–Kier alpha value is -2.13. The molecule has 2 aromatic heterocycles. The van der Waals surface area contributed by atoms with Gasteiger partial charge in [0.2, 0.25) is 5.89 Å². The second kappa shape index (κ2) is 7.63. The van der Waals surface area contributed by atoms with Gasteiger partial charge in [-0.05, 0) is 18.4 Å². The van der Waals surface area contributed by atoms with E-state index in [9.17, 15) is 4.79 Å². The molecular formula is C15H20N6O2S. The van der Waals surface area contributed by atoms with Gasteiger partial charge in [0.15, 0.2) is 5.82 Å². The van der Waals surface area contributed by atoms with Crippen molar-refractivity contribution in [1.29, 1.82) is 0 Å². The molecule has 128 valence electrons. The van der Waals surface area contributed by atoms with Crippen molar-refractivity contribution in [3.63, 3.8) is 0 Å². The Morgan fingerprint density at radius 1 is 1.38 bits per heavy atom. The summed E-state index contributed by atoms with van der Waals surface area (Å²) in [6, 6.07) is 3.43. The summed E-state index contributed by atoms with van der Waals surface area (Å²) in [7, 11) is 0. The van der Waals surface area contributed by atoms with Gasteiger partial charge >= 0.3 is 0 Å². The number of aromatic nitrogens is 3. The maximum absolute atomic E-state index is 11.5. The van der Waals surface area contributed by atoms with Crippen LogP contribution >= 0.6 is 11.8 Å². The molecule has 2 N–H and O–H groups in total. The highest BCUT2D eigenvalue weighted by Crippen LogP contribution is 2.19. The number of rotatable bonds is 6. The largest absolute Gasteiger partial charge is 0.365 e. The molecule has 0 aliphatic carbocycles. The highest BCUT2D eigenvalue weighted by Gasteiger charge is 2.22. The number of hydrogen-bond acceptors (Lipinski definition) is 8. The zero-order valence-electron chi connectivity index (χ0n) is 13.5. The molecule has 0 saturated carbocycles. The van der Waals surface area contributed by atoms with Gasteiger partial charge in [0.1, 0.15) is 5.82 Å². The summed E-state index contributed by atoms with van der Waals surface area (Å²) >= 11 is 1.67. The van der Waals surface area contributed by atoms with Crippen LogP contribution in [0.5, 0.6) is 0 Å². The van der Waals surface area contributed by atoms with Crippen LogP contribution in [0.3, 0.4) is 0 Å². The Morgan fingerprint density at radius 3 is 2.88 bits per heavy atom. The van der Waals surface area contributed by atoms with Crippen LogP contribution < -0.4 is 10.6 Å². The molecule has 3 rings (SSSR count). The van der Waals surface area contributed by atoms with Crippen molar-refractivity contribution in [1.82, 2.24) is 20.0 Å². The maximum Gasteiger partial charge on any atom is 0.252 e. The van der Waals surface area contributed by atoms with Gasteiger partial charge in [-0.3, -0.25) is 9.69 Å². The number of hydrogen-bond donors (Lipinski definition) is 1. The predicted octanol–water partition coefficient (Wildman–Crippen LogP) is 0.749. The van der Waals surface area contributed by atoms with E-state index in [-0.39, 0.29) is 0 Å². The third-order valence-corrected chi connectivity index (χ3v) is 4.41. The number of primary amides is 1. The number of amides is 1. The highest BCUT2D eigenvalue weighted by molar-refractivity contribution is 7.97. The van der Waals surface area contributed by atoms with Crippen LogP contribution in [0.15, 0.2) is 22.9 Å². The molecule has 0 spiro atoms. The number of piperazine rings is 1. The van der Waals surface area contributed by atoms with Crippen molar-refractivity contribution < 1.29 is 9.32 Å². The summed E-state index contributed by atoms with van der Waals surface area (Å²) in [4.78, 5) is 24.6. The molecule has 0 atom stereocenters. The van der Waals surface area contributed by atoms with Crippen LogP contribution in [0.1, 0.15) is 22.1 Å². The normalized spacial score (nSPS) is 15.6. The third-order valence-electron chi connectivity index (χ3n) is 3.87. The second-order valence-corrected chi connectivity index (χ2v) is 6.41. The van der Waals surface area contributed by atoms with Gasteiger partial charge in [-0.2, -0.15) is 16.7 Å². The SMILES string of the molecule is CSCc1noc(CN2CCN(c3ncccc3C(N)=O)CC2)n1. The van der Waals surface area contributed by atoms with Crippen molar-refractivity contribution in [3.8, 4) is 0 Å². The van der Waals surface area contributed by atoms with E-state index in [4.69, 9.17) is 10.3 Å². The zero-order chi connectivity index (χ0) is 16.9. The number of anilines is 1. The van der Waals surface area contributed by atoms with Crippen molar-refractivity contribution in [3.05, 3.63) is 35.6 Å². The number of carbonyl (C=O) groups excluding carboxylic acids is 1. The second-order valence-electron chi connectivity index (χ2n) is 5.54. The van der Waals surface area contributed by atoms with Crippen LogP contribution in [-0.4, -0.2) is 58.4 Å². The molecule has 2 aromatic rings. The fourth-order valence-electron chi connectivity index (χ4n) is 2.69. The molecule has 1 aliphatic rings. The fourth-order valence-corrected chi connectivity index (χ4v) is 3.07. The molecule has 0 radical (unpaired) electrons. The van der Waals surface area contributed by atoms with Crippen LogP contribution in [0.4, 0.5) is 5.82 Å². The molecule has 0 unspecified atom stereocenters. The average Bonchev–Trinajstić information content (AvgIpc) is 3.03. The van der Waals surface area contributed by atoms with Gasteiger partial charge < -0.3 is 15.2 Å². The standard InChI is InChI=1S/C15H20N6O2S/c1-24-10-12-18-13(23-19-12)9-20-5-7-21(8-6-20)15-11(14(16)22)3-2-4-17-15/h2-4H,5-10H2,1H3,(H2,16,22). The molecule has 24 heavy (non-hydrogen) atoms. The quantitative estimate of drug-likeness (QED) is 0.816. The first-order chi connectivity index (χ1) is 11.7. The van der Waals surface area contributed by atoms with Gasteiger partial charge in [-0.25, -0.2) is 4.98 Å². The first kappa shape index (κ1) is 16.7. The smallest absolute Gasteiger partial charge is 0.252 e. The minimum absolute atomic E-state index is 0.451. The van der Waals surface area contributed by atoms with Gasteiger partial charge in [0.25, 0.3) is 5.91 Å². The Bertz CT molecular complexity index is 699. The molecule has 9 heteroatoms. The Morgan fingerprint density at radius 2 is 2.17 bits per heavy atom. The molecule has 3 heterocycles. The summed E-state index contributed by atoms with van der Waals surface area (Å²) in [6.45, 7) is 3.83. The molecular weight excluding hydrogens is 328 g/mol. The molecule has 8 nitrogen and oxygen atoms in total. The lowest BCUT2D eigenvalue weighted by Gasteiger charge is -2.35. The first-order valence-electron chi connectivity index (χ1n) is 7.70. The van der Waals surface area contributed by atoms with Crippen LogP contribution in [-0.2, 0) is 12.3 Å². The van der Waals surface area contributed by atoms with Crippen LogP contribution in [0.2, 0.25) is 0 Å². The average molecular weight is 348 g/mol. The van der Waals surface area contributed by atoms with Gasteiger partial charge in [-0.15, -0.1) is 0 Å². The van der Waals surface area contributed by atoms with Crippen molar-refractivity contribution in [2.24, 2.45) is 5.73 Å². The molecule has 1 saturated heterocycles. The van der Waals surface area contributed by atoms with E-state index < -0.39 is 5.91 Å². The van der Waals surface area contributed by atoms with E-state index in [1.54, 1.807) is 30.1 Å². The number of nitrogens with two attached hydrogens (primary N) is 1. The highest BCUT2D eigenvalue weighted by atomic mass is 32.2. The number of nitrogens with zero attached hydrogens (tertiary/aromatic N) is 5. The maximum atomic E-state index is 11.5. The van der Waals surface area contributed by atoms with E-state index in [0.29, 0.717) is 23.8 Å². The van der Waals surface area contributed by atoms with Crippen molar-refractivity contribution in [2.45, 2.75) is 12.3 Å². The Balaban J connectivity index is 1.58. The Kier molecular flexibility index (Phi) is 5.31. The minimum atomic E-state index is -0.451. The van der Waals surface area contributed by atoms with Gasteiger partial charge in [0.05, 0.1) is 17.9 Å². The van der Waals surface area contributed by atoms with Crippen molar-refractivity contribution >= 4 is 23.5 Å². The molecule has 1 fully saturated rings. The summed E-state index contributed by atoms with van der Waals surface area (Å²) in [6.07, 6.45) is 3.69. The van der Waals surface area contributed by atoms with Crippen LogP contribution in [0.25, 0.3) is 0 Å². The number of carbonyl (C=O) groups is 1. The minimum Gasteiger partial charge on any atom is -0.365 e. The monoisotopic (exact) mass is 348 g/mol. The molecule has 1 amide bonds. The van der Waals surface area contributed by atoms with Crippen LogP contribution in [0, 0.1) is 0 Å². The summed E-state index contributed by atoms with van der Waals surface area (Å²) in [5.74, 6) is 2.34. The van der Waals surface area contributed by atoms with E-state index in [1.807, 2.05) is 6.26 Å². The summed E-state index contributed by atoms with van der Waals surface area (Å²) < 4.78 is 5.28. The number of thioether (sulfide) groups is 1. The fraction of sp³-hybridized carbons (Fsp3) is 0.467. The zero-order valence-corrected chi connectivity index (χ0v) is 14.3. The lowest BCUT2D eigenvalue weighted by molar-refractivity contribution is 0.1000. The van der Waals surface area contributed by atoms with E-state index in [2.05, 4.69) is 24.9 Å². The lowest BCUT2D eigenvalue weighted by atomic mass is 10.2. The van der Waals surface area contributed by atoms with E-state index in [1.165, 1.54) is 0 Å². The first-order valence-corrected chi connectivity index (χ1v) is 9.09. The van der Waals surface area contributed by atoms with Gasteiger partial charge in [0, 0.05) is 32.4 Å². The Labute approximate surface area is 144 Å². The third kappa shape index (κ3) is 3.85. The topological polar surface area (TPSA) is 101 Å². The molecule has 0 aromatic carbocycles. The summed E-state index contributed by atoms with van der Waals surface area (Å²) in [5.41, 5.74) is 5.89. The van der Waals surface area contributed by atoms with E-state index in [0.717, 1.165) is 37.8 Å².